The molecule has 0 N–H and O–H groups in total. The number of ether oxygens (including phenoxy) is 1. The maximum absolute atomic E-state index is 5.26. The first-order valence-electron chi connectivity index (χ1n) is 7.12. The van der Waals surface area contributed by atoms with E-state index in [1.54, 1.807) is 7.11 Å². The van der Waals surface area contributed by atoms with Crippen LogP contribution in [0.2, 0.25) is 0 Å². The van der Waals surface area contributed by atoms with Crippen LogP contribution in [0.1, 0.15) is 16.7 Å². The van der Waals surface area contributed by atoms with E-state index in [1.165, 1.54) is 22.3 Å². The molecule has 0 saturated carbocycles. The summed E-state index contributed by atoms with van der Waals surface area (Å²) in [7, 11) is 1.68. The number of hydrogen-bond donors (Lipinski definition) is 0. The second kappa shape index (κ2) is 5.21. The lowest BCUT2D eigenvalue weighted by Crippen LogP contribution is -1.93. The molecule has 2 heteroatoms. The molecular formula is C19H19NO. The van der Waals surface area contributed by atoms with Gasteiger partial charge in [0.1, 0.15) is 5.75 Å². The summed E-state index contributed by atoms with van der Waals surface area (Å²) in [6.45, 7) is 6.48. The summed E-state index contributed by atoms with van der Waals surface area (Å²) >= 11 is 0. The van der Waals surface area contributed by atoms with E-state index in [0.717, 1.165) is 22.3 Å². The Hall–Kier alpha value is -2.35. The lowest BCUT2D eigenvalue weighted by Gasteiger charge is -2.11. The lowest BCUT2D eigenvalue weighted by atomic mass is 9.96. The Labute approximate surface area is 125 Å². The number of fused-ring (bicyclic) bond motifs is 1. The molecule has 0 atom stereocenters. The molecule has 3 rings (SSSR count). The van der Waals surface area contributed by atoms with Gasteiger partial charge in [0.05, 0.1) is 18.3 Å². The lowest BCUT2D eigenvalue weighted by molar-refractivity contribution is 0.415. The predicted octanol–water partition coefficient (Wildman–Crippen LogP) is 4.84. The van der Waals surface area contributed by atoms with Crippen LogP contribution in [-0.4, -0.2) is 12.1 Å². The monoisotopic (exact) mass is 277 g/mol. The van der Waals surface area contributed by atoms with E-state index < -0.39 is 0 Å². The van der Waals surface area contributed by atoms with Crippen LogP contribution in [0.4, 0.5) is 0 Å². The number of hydrogen-bond acceptors (Lipinski definition) is 2. The normalized spacial score (nSPS) is 10.9. The van der Waals surface area contributed by atoms with E-state index in [2.05, 4.69) is 45.0 Å². The van der Waals surface area contributed by atoms with E-state index >= 15 is 0 Å². The summed E-state index contributed by atoms with van der Waals surface area (Å²) in [4.78, 5) is 4.80. The maximum atomic E-state index is 5.26. The Bertz CT molecular complexity index is 821. The van der Waals surface area contributed by atoms with Crippen LogP contribution in [0, 0.1) is 20.8 Å². The first kappa shape index (κ1) is 13.6. The van der Waals surface area contributed by atoms with E-state index in [4.69, 9.17) is 9.72 Å². The van der Waals surface area contributed by atoms with Crippen LogP contribution in [0.15, 0.2) is 42.5 Å². The van der Waals surface area contributed by atoms with Gasteiger partial charge in [-0.05, 0) is 61.7 Å². The largest absolute Gasteiger partial charge is 0.497 e. The number of rotatable bonds is 2. The summed E-state index contributed by atoms with van der Waals surface area (Å²) in [6.07, 6.45) is 0. The van der Waals surface area contributed by atoms with Gasteiger partial charge in [0.25, 0.3) is 0 Å². The Morgan fingerprint density at radius 2 is 1.67 bits per heavy atom. The third-order valence-electron chi connectivity index (χ3n) is 4.23. The second-order valence-electron chi connectivity index (χ2n) is 5.44. The molecule has 2 aromatic carbocycles. The van der Waals surface area contributed by atoms with Crippen LogP contribution in [-0.2, 0) is 0 Å². The van der Waals surface area contributed by atoms with Crippen molar-refractivity contribution in [3.05, 3.63) is 59.2 Å². The molecule has 0 unspecified atom stereocenters. The fourth-order valence-electron chi connectivity index (χ4n) is 2.61. The van der Waals surface area contributed by atoms with Crippen LogP contribution in [0.5, 0.6) is 5.75 Å². The first-order valence-corrected chi connectivity index (χ1v) is 7.12. The Kier molecular flexibility index (Phi) is 3.38. The molecule has 0 aliphatic heterocycles. The van der Waals surface area contributed by atoms with Gasteiger partial charge in [0, 0.05) is 10.9 Å². The zero-order valence-electron chi connectivity index (χ0n) is 12.9. The van der Waals surface area contributed by atoms with E-state index in [1.807, 2.05) is 18.2 Å². The van der Waals surface area contributed by atoms with Crippen molar-refractivity contribution in [2.24, 2.45) is 0 Å². The van der Waals surface area contributed by atoms with Gasteiger partial charge in [-0.15, -0.1) is 0 Å². The highest BCUT2D eigenvalue weighted by Gasteiger charge is 2.08. The molecule has 0 spiro atoms. The van der Waals surface area contributed by atoms with Crippen molar-refractivity contribution < 1.29 is 4.74 Å². The molecule has 3 aromatic rings. The van der Waals surface area contributed by atoms with Gasteiger partial charge in [-0.3, -0.25) is 0 Å². The average Bonchev–Trinajstić information content (AvgIpc) is 2.52. The quantitative estimate of drug-likeness (QED) is 0.669. The van der Waals surface area contributed by atoms with Crippen molar-refractivity contribution in [1.29, 1.82) is 0 Å². The standard InChI is InChI=1S/C19H19NO/c1-12-5-8-17(14(3)13(12)2)19-9-6-15-11-16(21-4)7-10-18(15)20-19/h5-11H,1-4H3. The van der Waals surface area contributed by atoms with Crippen LogP contribution >= 0.6 is 0 Å². The fourth-order valence-corrected chi connectivity index (χ4v) is 2.61. The Morgan fingerprint density at radius 3 is 2.43 bits per heavy atom. The summed E-state index contributed by atoms with van der Waals surface area (Å²) in [5.74, 6) is 0.861. The van der Waals surface area contributed by atoms with Crippen molar-refractivity contribution >= 4 is 10.9 Å². The van der Waals surface area contributed by atoms with Crippen molar-refractivity contribution in [2.45, 2.75) is 20.8 Å². The number of nitrogens with zero attached hydrogens (tertiary/aromatic N) is 1. The summed E-state index contributed by atoms with van der Waals surface area (Å²) < 4.78 is 5.26. The molecule has 1 aromatic heterocycles. The average molecular weight is 277 g/mol. The molecule has 0 bridgehead atoms. The van der Waals surface area contributed by atoms with Crippen LogP contribution in [0.25, 0.3) is 22.2 Å². The van der Waals surface area contributed by atoms with Gasteiger partial charge in [-0.25, -0.2) is 4.98 Å². The summed E-state index contributed by atoms with van der Waals surface area (Å²) in [6, 6.07) is 14.5. The van der Waals surface area contributed by atoms with Gasteiger partial charge >= 0.3 is 0 Å². The van der Waals surface area contributed by atoms with Gasteiger partial charge in [-0.2, -0.15) is 0 Å². The molecule has 0 saturated heterocycles. The van der Waals surface area contributed by atoms with E-state index in [9.17, 15) is 0 Å². The zero-order chi connectivity index (χ0) is 15.0. The predicted molar refractivity (Wildman–Crippen MR) is 87.9 cm³/mol. The highest BCUT2D eigenvalue weighted by molar-refractivity contribution is 5.83. The topological polar surface area (TPSA) is 22.1 Å². The number of aryl methyl sites for hydroxylation is 1. The molecule has 0 radical (unpaired) electrons. The third kappa shape index (κ3) is 2.38. The Balaban J connectivity index is 2.15. The minimum Gasteiger partial charge on any atom is -0.497 e. The second-order valence-corrected chi connectivity index (χ2v) is 5.44. The van der Waals surface area contributed by atoms with Crippen molar-refractivity contribution in [1.82, 2.24) is 4.98 Å². The van der Waals surface area contributed by atoms with Gasteiger partial charge < -0.3 is 4.74 Å². The molecule has 106 valence electrons. The molecule has 0 fully saturated rings. The molecule has 21 heavy (non-hydrogen) atoms. The third-order valence-corrected chi connectivity index (χ3v) is 4.23. The smallest absolute Gasteiger partial charge is 0.119 e. The van der Waals surface area contributed by atoms with Crippen LogP contribution < -0.4 is 4.74 Å². The number of aromatic nitrogens is 1. The number of methoxy groups -OCH3 is 1. The first-order chi connectivity index (χ1) is 10.1. The minimum absolute atomic E-state index is 0.861. The van der Waals surface area contributed by atoms with Gasteiger partial charge in [-0.1, -0.05) is 18.2 Å². The number of benzene rings is 2. The zero-order valence-corrected chi connectivity index (χ0v) is 12.9. The van der Waals surface area contributed by atoms with Gasteiger partial charge in [0.15, 0.2) is 0 Å². The molecule has 2 nitrogen and oxygen atoms in total. The van der Waals surface area contributed by atoms with Crippen molar-refractivity contribution in [3.63, 3.8) is 0 Å². The van der Waals surface area contributed by atoms with E-state index in [-0.39, 0.29) is 0 Å². The van der Waals surface area contributed by atoms with Gasteiger partial charge in [0.2, 0.25) is 0 Å². The minimum atomic E-state index is 0.861. The summed E-state index contributed by atoms with van der Waals surface area (Å²) in [5, 5.41) is 1.10. The molecule has 1 heterocycles. The van der Waals surface area contributed by atoms with Crippen molar-refractivity contribution in [2.75, 3.05) is 7.11 Å². The molecular weight excluding hydrogens is 258 g/mol. The fraction of sp³-hybridized carbons (Fsp3) is 0.211. The van der Waals surface area contributed by atoms with Crippen molar-refractivity contribution in [3.8, 4) is 17.0 Å². The van der Waals surface area contributed by atoms with E-state index in [0.29, 0.717) is 0 Å². The SMILES string of the molecule is COc1ccc2nc(-c3ccc(C)c(C)c3C)ccc2c1. The maximum Gasteiger partial charge on any atom is 0.119 e. The highest BCUT2D eigenvalue weighted by atomic mass is 16.5. The van der Waals surface area contributed by atoms with Crippen LogP contribution in [0.3, 0.4) is 0 Å². The number of pyridine rings is 1. The molecule has 0 aliphatic rings. The molecule has 0 aliphatic carbocycles. The molecule has 0 amide bonds. The Morgan fingerprint density at radius 1 is 0.857 bits per heavy atom. The highest BCUT2D eigenvalue weighted by Crippen LogP contribution is 2.28. The summed E-state index contributed by atoms with van der Waals surface area (Å²) in [5.41, 5.74) is 7.18.